The first kappa shape index (κ1) is 12.6. The average Bonchev–Trinajstić information content (AvgIpc) is 2.27. The standard InChI is InChI=1S/C10H5ClF3N3O/c11-8-15-7(16-9(18)17-8)5-2-1-3-6(4-5)10(12,13)14/h1-4H,(H,15,16,17,18). The second-order valence-electron chi connectivity index (χ2n) is 3.35. The number of halogens is 4. The molecule has 0 spiro atoms. The molecule has 4 nitrogen and oxygen atoms in total. The van der Waals surface area contributed by atoms with Gasteiger partial charge in [-0.3, -0.25) is 4.98 Å². The first-order valence-electron chi connectivity index (χ1n) is 4.68. The largest absolute Gasteiger partial charge is 0.416 e. The number of nitrogens with zero attached hydrogens (tertiary/aromatic N) is 2. The van der Waals surface area contributed by atoms with E-state index < -0.39 is 17.4 Å². The molecular formula is C10H5ClF3N3O. The zero-order valence-corrected chi connectivity index (χ0v) is 9.38. The molecule has 0 aliphatic heterocycles. The third-order valence-corrected chi connectivity index (χ3v) is 2.25. The molecule has 0 saturated heterocycles. The highest BCUT2D eigenvalue weighted by Crippen LogP contribution is 2.31. The summed E-state index contributed by atoms with van der Waals surface area (Å²) >= 11 is 5.50. The van der Waals surface area contributed by atoms with Crippen LogP contribution in [0.15, 0.2) is 29.1 Å². The highest BCUT2D eigenvalue weighted by Gasteiger charge is 2.30. The van der Waals surface area contributed by atoms with Gasteiger partial charge < -0.3 is 0 Å². The Morgan fingerprint density at radius 1 is 1.22 bits per heavy atom. The van der Waals surface area contributed by atoms with E-state index in [1.165, 1.54) is 12.1 Å². The van der Waals surface area contributed by atoms with Crippen LogP contribution in [-0.4, -0.2) is 15.0 Å². The van der Waals surface area contributed by atoms with E-state index in [2.05, 4.69) is 15.0 Å². The summed E-state index contributed by atoms with van der Waals surface area (Å²) in [5.41, 5.74) is -1.56. The van der Waals surface area contributed by atoms with Crippen LogP contribution in [0.2, 0.25) is 5.28 Å². The maximum absolute atomic E-state index is 12.5. The Labute approximate surface area is 103 Å². The lowest BCUT2D eigenvalue weighted by molar-refractivity contribution is -0.137. The molecular weight excluding hydrogens is 271 g/mol. The Morgan fingerprint density at radius 3 is 2.56 bits per heavy atom. The minimum absolute atomic E-state index is 0.0674. The molecule has 0 unspecified atom stereocenters. The predicted octanol–water partition coefficient (Wildman–Crippen LogP) is 2.50. The van der Waals surface area contributed by atoms with Crippen LogP contribution in [0.4, 0.5) is 13.2 Å². The Balaban J connectivity index is 2.54. The van der Waals surface area contributed by atoms with Crippen LogP contribution in [0, 0.1) is 0 Å². The van der Waals surface area contributed by atoms with Crippen LogP contribution in [-0.2, 0) is 6.18 Å². The van der Waals surface area contributed by atoms with Crippen molar-refractivity contribution in [2.24, 2.45) is 0 Å². The molecule has 94 valence electrons. The van der Waals surface area contributed by atoms with Crippen LogP contribution in [0.5, 0.6) is 0 Å². The summed E-state index contributed by atoms with van der Waals surface area (Å²) in [4.78, 5) is 20.3. The monoisotopic (exact) mass is 275 g/mol. The van der Waals surface area contributed by atoms with Gasteiger partial charge in [0.1, 0.15) is 0 Å². The van der Waals surface area contributed by atoms with Crippen LogP contribution in [0.1, 0.15) is 5.56 Å². The van der Waals surface area contributed by atoms with Crippen LogP contribution in [0.3, 0.4) is 0 Å². The van der Waals surface area contributed by atoms with Gasteiger partial charge in [-0.2, -0.15) is 23.1 Å². The number of aromatic amines is 1. The van der Waals surface area contributed by atoms with Gasteiger partial charge in [0.25, 0.3) is 0 Å². The second kappa shape index (κ2) is 4.41. The minimum Gasteiger partial charge on any atom is -0.280 e. The van der Waals surface area contributed by atoms with Crippen molar-refractivity contribution in [3.05, 3.63) is 45.6 Å². The molecule has 1 aromatic heterocycles. The van der Waals surface area contributed by atoms with Gasteiger partial charge >= 0.3 is 11.9 Å². The van der Waals surface area contributed by atoms with Crippen molar-refractivity contribution in [3.8, 4) is 11.4 Å². The molecule has 0 saturated carbocycles. The Bertz CT molecular complexity index is 639. The zero-order chi connectivity index (χ0) is 13.3. The lowest BCUT2D eigenvalue weighted by Gasteiger charge is -2.07. The number of benzene rings is 1. The molecule has 1 heterocycles. The number of rotatable bonds is 1. The maximum Gasteiger partial charge on any atom is 0.416 e. The van der Waals surface area contributed by atoms with E-state index in [1.807, 2.05) is 0 Å². The van der Waals surface area contributed by atoms with Gasteiger partial charge in [0.15, 0.2) is 5.82 Å². The maximum atomic E-state index is 12.5. The SMILES string of the molecule is O=c1nc(-c2cccc(C(F)(F)F)c2)nc(Cl)[nH]1. The second-order valence-corrected chi connectivity index (χ2v) is 3.70. The van der Waals surface area contributed by atoms with Gasteiger partial charge in [0.05, 0.1) is 5.56 Å². The van der Waals surface area contributed by atoms with Crippen molar-refractivity contribution in [3.63, 3.8) is 0 Å². The molecule has 0 aliphatic rings. The van der Waals surface area contributed by atoms with Crippen molar-refractivity contribution < 1.29 is 13.2 Å². The molecule has 18 heavy (non-hydrogen) atoms. The number of H-pyrrole nitrogens is 1. The summed E-state index contributed by atoms with van der Waals surface area (Å²) in [5, 5.41) is -0.234. The first-order chi connectivity index (χ1) is 8.36. The molecule has 0 amide bonds. The molecule has 1 aromatic carbocycles. The van der Waals surface area contributed by atoms with Crippen molar-refractivity contribution in [1.82, 2.24) is 15.0 Å². The summed E-state index contributed by atoms with van der Waals surface area (Å²) in [5.74, 6) is -0.158. The number of aromatic nitrogens is 3. The summed E-state index contributed by atoms with van der Waals surface area (Å²) < 4.78 is 37.5. The molecule has 0 radical (unpaired) electrons. The Kier molecular flexibility index (Phi) is 3.08. The predicted molar refractivity (Wildman–Crippen MR) is 58.1 cm³/mol. The third kappa shape index (κ3) is 2.67. The Hall–Kier alpha value is -1.89. The quantitative estimate of drug-likeness (QED) is 0.870. The van der Waals surface area contributed by atoms with Gasteiger partial charge in [0.2, 0.25) is 5.28 Å². The van der Waals surface area contributed by atoms with Crippen LogP contribution in [0.25, 0.3) is 11.4 Å². The number of nitrogens with one attached hydrogen (secondary N) is 1. The minimum atomic E-state index is -4.47. The van der Waals surface area contributed by atoms with E-state index >= 15 is 0 Å². The van der Waals surface area contributed by atoms with Crippen molar-refractivity contribution in [1.29, 1.82) is 0 Å². The van der Waals surface area contributed by atoms with Crippen molar-refractivity contribution in [2.45, 2.75) is 6.18 Å². The summed E-state index contributed by atoms with van der Waals surface area (Å²) in [7, 11) is 0. The van der Waals surface area contributed by atoms with Gasteiger partial charge in [-0.05, 0) is 23.7 Å². The molecule has 0 atom stereocenters. The van der Waals surface area contributed by atoms with E-state index in [4.69, 9.17) is 11.6 Å². The molecule has 2 rings (SSSR count). The molecule has 0 bridgehead atoms. The fraction of sp³-hybridized carbons (Fsp3) is 0.100. The van der Waals surface area contributed by atoms with Crippen molar-refractivity contribution in [2.75, 3.05) is 0 Å². The smallest absolute Gasteiger partial charge is 0.280 e. The normalized spacial score (nSPS) is 11.6. The zero-order valence-electron chi connectivity index (χ0n) is 8.62. The summed E-state index contributed by atoms with van der Waals surface area (Å²) in [6.45, 7) is 0. The Morgan fingerprint density at radius 2 is 1.94 bits per heavy atom. The van der Waals surface area contributed by atoms with E-state index in [0.29, 0.717) is 0 Å². The summed E-state index contributed by atoms with van der Waals surface area (Å²) in [6.07, 6.45) is -4.47. The number of hydrogen-bond donors (Lipinski definition) is 1. The van der Waals surface area contributed by atoms with Gasteiger partial charge in [-0.1, -0.05) is 12.1 Å². The number of hydrogen-bond acceptors (Lipinski definition) is 3. The van der Waals surface area contributed by atoms with E-state index in [0.717, 1.165) is 12.1 Å². The van der Waals surface area contributed by atoms with Crippen LogP contribution < -0.4 is 5.69 Å². The fourth-order valence-electron chi connectivity index (χ4n) is 1.32. The molecule has 0 fully saturated rings. The van der Waals surface area contributed by atoms with Crippen LogP contribution >= 0.6 is 11.6 Å². The molecule has 1 N–H and O–H groups in total. The lowest BCUT2D eigenvalue weighted by Crippen LogP contribution is -2.13. The van der Waals surface area contributed by atoms with E-state index in [9.17, 15) is 18.0 Å². The van der Waals surface area contributed by atoms with Gasteiger partial charge in [-0.25, -0.2) is 4.79 Å². The molecule has 0 aliphatic carbocycles. The topological polar surface area (TPSA) is 58.6 Å². The third-order valence-electron chi connectivity index (χ3n) is 2.07. The number of alkyl halides is 3. The van der Waals surface area contributed by atoms with Crippen molar-refractivity contribution >= 4 is 11.6 Å². The van der Waals surface area contributed by atoms with Gasteiger partial charge in [0, 0.05) is 5.56 Å². The molecule has 2 aromatic rings. The average molecular weight is 276 g/mol. The lowest BCUT2D eigenvalue weighted by atomic mass is 10.1. The molecule has 8 heteroatoms. The highest BCUT2D eigenvalue weighted by molar-refractivity contribution is 6.28. The summed E-state index contributed by atoms with van der Waals surface area (Å²) in [6, 6.07) is 4.33. The van der Waals surface area contributed by atoms with E-state index in [1.54, 1.807) is 0 Å². The fourth-order valence-corrected chi connectivity index (χ4v) is 1.48. The van der Waals surface area contributed by atoms with E-state index in [-0.39, 0.29) is 16.7 Å². The first-order valence-corrected chi connectivity index (χ1v) is 5.05. The highest BCUT2D eigenvalue weighted by atomic mass is 35.5. The van der Waals surface area contributed by atoms with Gasteiger partial charge in [-0.15, -0.1) is 0 Å².